The van der Waals surface area contributed by atoms with Gasteiger partial charge in [-0.1, -0.05) is 25.7 Å². The van der Waals surface area contributed by atoms with E-state index in [2.05, 4.69) is 18.2 Å². The molecule has 1 aliphatic carbocycles. The zero-order chi connectivity index (χ0) is 12.2. The van der Waals surface area contributed by atoms with Gasteiger partial charge in [-0.25, -0.2) is 0 Å². The molecule has 1 saturated carbocycles. The maximum Gasteiger partial charge on any atom is 0.228 e. The minimum absolute atomic E-state index is 0.0221. The van der Waals surface area contributed by atoms with Crippen molar-refractivity contribution >= 4 is 5.91 Å². The first-order valence-corrected chi connectivity index (χ1v) is 6.07. The summed E-state index contributed by atoms with van der Waals surface area (Å²) in [4.78, 5) is 12.1. The van der Waals surface area contributed by atoms with Crippen molar-refractivity contribution in [2.24, 2.45) is 11.1 Å². The average molecular weight is 222 g/mol. The molecule has 3 N–H and O–H groups in total. The molecule has 0 aromatic rings. The molecule has 0 aliphatic heterocycles. The molecule has 1 rings (SSSR count). The van der Waals surface area contributed by atoms with Gasteiger partial charge < -0.3 is 11.1 Å². The van der Waals surface area contributed by atoms with Crippen molar-refractivity contribution in [2.75, 3.05) is 0 Å². The largest absolute Gasteiger partial charge is 0.342 e. The summed E-state index contributed by atoms with van der Waals surface area (Å²) in [5.74, 6) is 2.64. The third kappa shape index (κ3) is 2.56. The fourth-order valence-electron chi connectivity index (χ4n) is 2.28. The number of nitrogens with two attached hydrogens (primary N) is 1. The number of terminal acetylenes is 1. The van der Waals surface area contributed by atoms with Gasteiger partial charge in [0, 0.05) is 6.04 Å². The summed E-state index contributed by atoms with van der Waals surface area (Å²) in [5, 5.41) is 2.93. The molecule has 0 radical (unpaired) electrons. The maximum absolute atomic E-state index is 12.1. The third-order valence-corrected chi connectivity index (χ3v) is 3.63. The molecule has 1 aliphatic rings. The van der Waals surface area contributed by atoms with Crippen molar-refractivity contribution in [3.63, 3.8) is 0 Å². The molecule has 0 bridgehead atoms. The quantitative estimate of drug-likeness (QED) is 0.707. The Morgan fingerprint density at radius 3 is 2.88 bits per heavy atom. The van der Waals surface area contributed by atoms with E-state index in [0.717, 1.165) is 32.1 Å². The Hall–Kier alpha value is -1.01. The number of hydrogen-bond acceptors (Lipinski definition) is 2. The van der Waals surface area contributed by atoms with Crippen molar-refractivity contribution in [3.05, 3.63) is 0 Å². The van der Waals surface area contributed by atoms with Crippen LogP contribution in [0.2, 0.25) is 0 Å². The van der Waals surface area contributed by atoms with Crippen LogP contribution >= 0.6 is 0 Å². The first-order chi connectivity index (χ1) is 7.54. The van der Waals surface area contributed by atoms with Crippen LogP contribution in [0.25, 0.3) is 0 Å². The van der Waals surface area contributed by atoms with Gasteiger partial charge in [0.2, 0.25) is 5.91 Å². The Bertz CT molecular complexity index is 295. The van der Waals surface area contributed by atoms with E-state index in [9.17, 15) is 4.79 Å². The lowest BCUT2D eigenvalue weighted by atomic mass is 9.84. The summed E-state index contributed by atoms with van der Waals surface area (Å²) in [6, 6.07) is -0.185. The standard InChI is InChI=1S/C13H22N2O/c1-4-7-10(5-2)15-12(16)13(3)9-6-8-11(13)14/h2,10-11H,4,6-9,14H2,1,3H3,(H,15,16). The monoisotopic (exact) mass is 222 g/mol. The summed E-state index contributed by atoms with van der Waals surface area (Å²) < 4.78 is 0. The Labute approximate surface area is 98.2 Å². The van der Waals surface area contributed by atoms with Crippen LogP contribution < -0.4 is 11.1 Å². The highest BCUT2D eigenvalue weighted by Gasteiger charge is 2.43. The lowest BCUT2D eigenvalue weighted by Crippen LogP contribution is -2.50. The molecule has 3 nitrogen and oxygen atoms in total. The van der Waals surface area contributed by atoms with E-state index in [1.165, 1.54) is 0 Å². The van der Waals surface area contributed by atoms with Crippen molar-refractivity contribution in [3.8, 4) is 12.3 Å². The van der Waals surface area contributed by atoms with Gasteiger partial charge in [-0.05, 0) is 26.2 Å². The first-order valence-electron chi connectivity index (χ1n) is 6.07. The molecule has 16 heavy (non-hydrogen) atoms. The second-order valence-corrected chi connectivity index (χ2v) is 4.90. The van der Waals surface area contributed by atoms with Crippen LogP contribution in [-0.4, -0.2) is 18.0 Å². The van der Waals surface area contributed by atoms with E-state index >= 15 is 0 Å². The predicted octanol–water partition coefficient (Wildman–Crippen LogP) is 1.42. The van der Waals surface area contributed by atoms with E-state index in [0.29, 0.717) is 0 Å². The fraction of sp³-hybridized carbons (Fsp3) is 0.769. The molecule has 0 heterocycles. The van der Waals surface area contributed by atoms with E-state index in [1.54, 1.807) is 0 Å². The molecular weight excluding hydrogens is 200 g/mol. The van der Waals surface area contributed by atoms with E-state index in [-0.39, 0.29) is 18.0 Å². The number of nitrogens with one attached hydrogen (secondary N) is 1. The van der Waals surface area contributed by atoms with Crippen LogP contribution in [0.1, 0.15) is 46.0 Å². The van der Waals surface area contributed by atoms with E-state index < -0.39 is 5.41 Å². The van der Waals surface area contributed by atoms with Crippen LogP contribution in [0.4, 0.5) is 0 Å². The predicted molar refractivity (Wildman–Crippen MR) is 65.6 cm³/mol. The average Bonchev–Trinajstić information content (AvgIpc) is 2.60. The highest BCUT2D eigenvalue weighted by molar-refractivity contribution is 5.84. The van der Waals surface area contributed by atoms with Gasteiger partial charge in [0.15, 0.2) is 0 Å². The summed E-state index contributed by atoms with van der Waals surface area (Å²) in [6.45, 7) is 4.00. The highest BCUT2D eigenvalue weighted by Crippen LogP contribution is 2.36. The summed E-state index contributed by atoms with van der Waals surface area (Å²) in [6.07, 6.45) is 10.0. The zero-order valence-electron chi connectivity index (χ0n) is 10.3. The second-order valence-electron chi connectivity index (χ2n) is 4.90. The van der Waals surface area contributed by atoms with Crippen molar-refractivity contribution in [1.29, 1.82) is 0 Å². The Kier molecular flexibility index (Phi) is 4.37. The Morgan fingerprint density at radius 2 is 2.44 bits per heavy atom. The minimum Gasteiger partial charge on any atom is -0.342 e. The lowest BCUT2D eigenvalue weighted by Gasteiger charge is -2.29. The second kappa shape index (κ2) is 5.36. The summed E-state index contributed by atoms with van der Waals surface area (Å²) >= 11 is 0. The third-order valence-electron chi connectivity index (χ3n) is 3.63. The van der Waals surface area contributed by atoms with Crippen molar-refractivity contribution < 1.29 is 4.79 Å². The van der Waals surface area contributed by atoms with E-state index in [4.69, 9.17) is 12.2 Å². The Balaban J connectivity index is 2.61. The molecule has 90 valence electrons. The van der Waals surface area contributed by atoms with Gasteiger partial charge in [-0.3, -0.25) is 4.79 Å². The van der Waals surface area contributed by atoms with Crippen molar-refractivity contribution in [2.45, 2.75) is 58.0 Å². The normalized spacial score (nSPS) is 30.8. The summed E-state index contributed by atoms with van der Waals surface area (Å²) in [5.41, 5.74) is 5.57. The van der Waals surface area contributed by atoms with Crippen LogP contribution in [0.15, 0.2) is 0 Å². The van der Waals surface area contributed by atoms with Gasteiger partial charge in [-0.2, -0.15) is 0 Å². The van der Waals surface area contributed by atoms with Crippen molar-refractivity contribution in [1.82, 2.24) is 5.32 Å². The van der Waals surface area contributed by atoms with Crippen LogP contribution in [0, 0.1) is 17.8 Å². The lowest BCUT2D eigenvalue weighted by molar-refractivity contribution is -0.130. The molecule has 0 aromatic heterocycles. The molecule has 3 atom stereocenters. The molecule has 0 saturated heterocycles. The minimum atomic E-state index is -0.428. The number of carbonyl (C=O) groups excluding carboxylic acids is 1. The Morgan fingerprint density at radius 1 is 1.75 bits per heavy atom. The van der Waals surface area contributed by atoms with Gasteiger partial charge in [0.1, 0.15) is 0 Å². The maximum atomic E-state index is 12.1. The molecule has 3 unspecified atom stereocenters. The van der Waals surface area contributed by atoms with Gasteiger partial charge in [0.05, 0.1) is 11.5 Å². The number of carbonyl (C=O) groups is 1. The van der Waals surface area contributed by atoms with Crippen LogP contribution in [0.5, 0.6) is 0 Å². The van der Waals surface area contributed by atoms with Crippen LogP contribution in [0.3, 0.4) is 0 Å². The topological polar surface area (TPSA) is 55.1 Å². The molecular formula is C13H22N2O. The van der Waals surface area contributed by atoms with Crippen LogP contribution in [-0.2, 0) is 4.79 Å². The molecule has 3 heteroatoms. The van der Waals surface area contributed by atoms with Gasteiger partial charge >= 0.3 is 0 Å². The molecule has 0 spiro atoms. The SMILES string of the molecule is C#CC(CCC)NC(=O)C1(C)CCCC1N. The van der Waals surface area contributed by atoms with Gasteiger partial charge in [-0.15, -0.1) is 6.42 Å². The molecule has 0 aromatic carbocycles. The number of rotatable bonds is 4. The molecule has 1 fully saturated rings. The summed E-state index contributed by atoms with van der Waals surface area (Å²) in [7, 11) is 0. The molecule has 1 amide bonds. The zero-order valence-corrected chi connectivity index (χ0v) is 10.3. The smallest absolute Gasteiger partial charge is 0.228 e. The fourth-order valence-corrected chi connectivity index (χ4v) is 2.28. The first kappa shape index (κ1) is 13.1. The number of amides is 1. The number of hydrogen-bond donors (Lipinski definition) is 2. The van der Waals surface area contributed by atoms with E-state index in [1.807, 2.05) is 6.92 Å². The van der Waals surface area contributed by atoms with Gasteiger partial charge in [0.25, 0.3) is 0 Å². The highest BCUT2D eigenvalue weighted by atomic mass is 16.2.